The lowest BCUT2D eigenvalue weighted by molar-refractivity contribution is 0.673. The quantitative estimate of drug-likeness (QED) is 0.571. The Morgan fingerprint density at radius 2 is 2.50 bits per heavy atom. The van der Waals surface area contributed by atoms with Crippen molar-refractivity contribution in [2.75, 3.05) is 18.6 Å². The lowest BCUT2D eigenvalue weighted by atomic mass is 10.3. The first-order chi connectivity index (χ1) is 4.83. The summed E-state index contributed by atoms with van der Waals surface area (Å²) in [6.07, 6.45) is 1.24. The second-order valence-corrected chi connectivity index (χ2v) is 3.84. The molecular formula is C6H12N2S2. The summed E-state index contributed by atoms with van der Waals surface area (Å²) in [4.78, 5) is 0. The highest BCUT2D eigenvalue weighted by molar-refractivity contribution is 7.99. The fraction of sp³-hybridized carbons (Fsp3) is 0.833. The van der Waals surface area contributed by atoms with E-state index in [-0.39, 0.29) is 0 Å². The predicted octanol–water partition coefficient (Wildman–Crippen LogP) is 0.586. The molecule has 0 aromatic carbocycles. The Balaban J connectivity index is 2.17. The van der Waals surface area contributed by atoms with Gasteiger partial charge in [0.2, 0.25) is 0 Å². The van der Waals surface area contributed by atoms with Crippen LogP contribution in [-0.4, -0.2) is 29.7 Å². The van der Waals surface area contributed by atoms with Crippen LogP contribution in [0.2, 0.25) is 0 Å². The molecule has 0 spiro atoms. The summed E-state index contributed by atoms with van der Waals surface area (Å²) in [7, 11) is 1.84. The van der Waals surface area contributed by atoms with Crippen molar-refractivity contribution in [3.05, 3.63) is 0 Å². The minimum Gasteiger partial charge on any atom is -0.366 e. The van der Waals surface area contributed by atoms with Gasteiger partial charge in [0.25, 0.3) is 0 Å². The van der Waals surface area contributed by atoms with E-state index in [2.05, 4.69) is 10.6 Å². The average Bonchev–Trinajstić information content (AvgIpc) is 2.40. The number of thiocarbonyl (C=S) groups is 1. The van der Waals surface area contributed by atoms with E-state index < -0.39 is 0 Å². The van der Waals surface area contributed by atoms with Crippen molar-refractivity contribution in [2.24, 2.45) is 0 Å². The molecule has 1 saturated heterocycles. The Morgan fingerprint density at radius 1 is 1.70 bits per heavy atom. The fourth-order valence-electron chi connectivity index (χ4n) is 0.906. The molecule has 10 heavy (non-hydrogen) atoms. The zero-order valence-electron chi connectivity index (χ0n) is 6.02. The number of thioether (sulfide) groups is 1. The second kappa shape index (κ2) is 4.03. The van der Waals surface area contributed by atoms with Gasteiger partial charge in [-0.15, -0.1) is 0 Å². The van der Waals surface area contributed by atoms with Crippen molar-refractivity contribution in [2.45, 2.75) is 12.5 Å². The van der Waals surface area contributed by atoms with Gasteiger partial charge in [0.15, 0.2) is 5.11 Å². The van der Waals surface area contributed by atoms with Crippen LogP contribution in [0.1, 0.15) is 6.42 Å². The van der Waals surface area contributed by atoms with Gasteiger partial charge in [0.05, 0.1) is 0 Å². The topological polar surface area (TPSA) is 24.1 Å². The Labute approximate surface area is 71.1 Å². The maximum atomic E-state index is 4.96. The van der Waals surface area contributed by atoms with Gasteiger partial charge in [0, 0.05) is 18.8 Å². The molecule has 1 aliphatic heterocycles. The van der Waals surface area contributed by atoms with Crippen molar-refractivity contribution in [3.63, 3.8) is 0 Å². The highest BCUT2D eigenvalue weighted by atomic mass is 32.2. The van der Waals surface area contributed by atoms with Crippen LogP contribution in [0.25, 0.3) is 0 Å². The molecule has 0 aliphatic carbocycles. The highest BCUT2D eigenvalue weighted by Gasteiger charge is 2.14. The van der Waals surface area contributed by atoms with Crippen LogP contribution in [-0.2, 0) is 0 Å². The minimum atomic E-state index is 0.602. The van der Waals surface area contributed by atoms with Crippen LogP contribution in [0.4, 0.5) is 0 Å². The van der Waals surface area contributed by atoms with Crippen molar-refractivity contribution >= 4 is 29.1 Å². The molecule has 0 amide bonds. The van der Waals surface area contributed by atoms with Gasteiger partial charge in [-0.1, -0.05) is 0 Å². The van der Waals surface area contributed by atoms with E-state index >= 15 is 0 Å². The lowest BCUT2D eigenvalue weighted by Crippen LogP contribution is -2.40. The smallest absolute Gasteiger partial charge is 0.166 e. The first kappa shape index (κ1) is 8.14. The molecule has 2 N–H and O–H groups in total. The molecule has 58 valence electrons. The summed E-state index contributed by atoms with van der Waals surface area (Å²) in [5.74, 6) is 2.46. The Bertz CT molecular complexity index is 121. The fourth-order valence-corrected chi connectivity index (χ4v) is 2.22. The molecule has 0 aromatic heterocycles. The van der Waals surface area contributed by atoms with E-state index in [9.17, 15) is 0 Å². The van der Waals surface area contributed by atoms with Crippen molar-refractivity contribution in [1.82, 2.24) is 10.6 Å². The summed E-state index contributed by atoms with van der Waals surface area (Å²) in [5.41, 5.74) is 0. The van der Waals surface area contributed by atoms with Crippen LogP contribution < -0.4 is 10.6 Å². The van der Waals surface area contributed by atoms with Crippen LogP contribution in [0, 0.1) is 0 Å². The molecule has 2 nitrogen and oxygen atoms in total. The van der Waals surface area contributed by atoms with Crippen LogP contribution in [0.5, 0.6) is 0 Å². The second-order valence-electron chi connectivity index (χ2n) is 2.28. The van der Waals surface area contributed by atoms with E-state index in [0.717, 1.165) is 5.11 Å². The predicted molar refractivity (Wildman–Crippen MR) is 50.5 cm³/mol. The van der Waals surface area contributed by atoms with E-state index in [1.165, 1.54) is 17.9 Å². The van der Waals surface area contributed by atoms with Crippen molar-refractivity contribution < 1.29 is 0 Å². The van der Waals surface area contributed by atoms with E-state index in [0.29, 0.717) is 6.04 Å². The van der Waals surface area contributed by atoms with Crippen LogP contribution >= 0.6 is 24.0 Å². The zero-order chi connectivity index (χ0) is 7.40. The number of hydrogen-bond donors (Lipinski definition) is 2. The summed E-state index contributed by atoms with van der Waals surface area (Å²) < 4.78 is 0. The van der Waals surface area contributed by atoms with E-state index in [1.807, 2.05) is 18.8 Å². The molecule has 1 rings (SSSR count). The molecule has 1 atom stereocenters. The van der Waals surface area contributed by atoms with Crippen LogP contribution in [0.3, 0.4) is 0 Å². The molecule has 1 heterocycles. The molecule has 1 aliphatic rings. The molecule has 0 aromatic rings. The third-order valence-corrected chi connectivity index (χ3v) is 2.98. The normalized spacial score (nSPS) is 24.3. The largest absolute Gasteiger partial charge is 0.366 e. The van der Waals surface area contributed by atoms with Gasteiger partial charge in [-0.3, -0.25) is 0 Å². The molecular weight excluding hydrogens is 164 g/mol. The molecule has 0 bridgehead atoms. The molecule has 4 heteroatoms. The third kappa shape index (κ3) is 2.34. The summed E-state index contributed by atoms with van der Waals surface area (Å²) in [6, 6.07) is 0.602. The minimum absolute atomic E-state index is 0.602. The van der Waals surface area contributed by atoms with Gasteiger partial charge in [-0.05, 0) is 24.4 Å². The summed E-state index contributed by atoms with van der Waals surface area (Å²) in [5, 5.41) is 6.90. The Morgan fingerprint density at radius 3 is 3.00 bits per heavy atom. The van der Waals surface area contributed by atoms with E-state index in [1.54, 1.807) is 0 Å². The van der Waals surface area contributed by atoms with Gasteiger partial charge in [0.1, 0.15) is 0 Å². The third-order valence-electron chi connectivity index (χ3n) is 1.49. The van der Waals surface area contributed by atoms with Gasteiger partial charge in [-0.2, -0.15) is 11.8 Å². The lowest BCUT2D eigenvalue weighted by Gasteiger charge is -2.12. The maximum Gasteiger partial charge on any atom is 0.166 e. The van der Waals surface area contributed by atoms with Crippen molar-refractivity contribution in [1.29, 1.82) is 0 Å². The summed E-state index contributed by atoms with van der Waals surface area (Å²) in [6.45, 7) is 0. The molecule has 1 unspecified atom stereocenters. The zero-order valence-corrected chi connectivity index (χ0v) is 7.65. The van der Waals surface area contributed by atoms with E-state index in [4.69, 9.17) is 12.2 Å². The Hall–Kier alpha value is 0.0400. The summed E-state index contributed by atoms with van der Waals surface area (Å²) >= 11 is 6.95. The van der Waals surface area contributed by atoms with Gasteiger partial charge < -0.3 is 10.6 Å². The van der Waals surface area contributed by atoms with Gasteiger partial charge in [-0.25, -0.2) is 0 Å². The number of hydrogen-bond acceptors (Lipinski definition) is 2. The molecule has 0 radical (unpaired) electrons. The molecule has 0 saturated carbocycles. The number of rotatable bonds is 1. The molecule has 1 fully saturated rings. The Kier molecular flexibility index (Phi) is 3.28. The highest BCUT2D eigenvalue weighted by Crippen LogP contribution is 2.16. The van der Waals surface area contributed by atoms with Gasteiger partial charge >= 0.3 is 0 Å². The SMILES string of the molecule is CNC(=S)NC1CCSC1. The average molecular weight is 176 g/mol. The maximum absolute atomic E-state index is 4.96. The first-order valence-corrected chi connectivity index (χ1v) is 4.95. The van der Waals surface area contributed by atoms with Crippen LogP contribution in [0.15, 0.2) is 0 Å². The standard InChI is InChI=1S/C6H12N2S2/c1-7-6(9)8-5-2-3-10-4-5/h5H,2-4H2,1H3,(H2,7,8,9). The monoisotopic (exact) mass is 176 g/mol. The number of nitrogens with one attached hydrogen (secondary N) is 2. The van der Waals surface area contributed by atoms with Crippen molar-refractivity contribution in [3.8, 4) is 0 Å². The first-order valence-electron chi connectivity index (χ1n) is 3.39.